The lowest BCUT2D eigenvalue weighted by molar-refractivity contribution is 0.956. The number of para-hydroxylation sites is 1. The Morgan fingerprint density at radius 2 is 2.21 bits per heavy atom. The molecule has 2 heterocycles. The van der Waals surface area contributed by atoms with Crippen molar-refractivity contribution in [3.63, 3.8) is 0 Å². The van der Waals surface area contributed by atoms with Crippen LogP contribution in [0.5, 0.6) is 0 Å². The summed E-state index contributed by atoms with van der Waals surface area (Å²) in [5.74, 6) is 1.05. The predicted octanol–water partition coefficient (Wildman–Crippen LogP) is 3.14. The summed E-state index contributed by atoms with van der Waals surface area (Å²) in [5.41, 5.74) is 3.77. The number of hydrogen-bond acceptors (Lipinski definition) is 4. The smallest absolute Gasteiger partial charge is 0.116 e. The zero-order valence-corrected chi connectivity index (χ0v) is 11.8. The lowest BCUT2D eigenvalue weighted by Crippen LogP contribution is -2.26. The summed E-state index contributed by atoms with van der Waals surface area (Å²) < 4.78 is 0. The number of amidine groups is 1. The van der Waals surface area contributed by atoms with Crippen molar-refractivity contribution >= 4 is 22.9 Å². The Morgan fingerprint density at radius 3 is 2.95 bits per heavy atom. The third kappa shape index (κ3) is 2.63. The average Bonchev–Trinajstić information content (AvgIpc) is 3.08. The molecule has 3 nitrogen and oxygen atoms in total. The fourth-order valence-electron chi connectivity index (χ4n) is 2.23. The van der Waals surface area contributed by atoms with Gasteiger partial charge < -0.3 is 10.6 Å². The monoisotopic (exact) mass is 271 g/mol. The minimum atomic E-state index is 0.765. The third-order valence-electron chi connectivity index (χ3n) is 3.22. The van der Waals surface area contributed by atoms with Crippen molar-refractivity contribution in [2.24, 2.45) is 4.99 Å². The summed E-state index contributed by atoms with van der Waals surface area (Å²) in [7, 11) is 0. The average molecular weight is 271 g/mol. The Hall–Kier alpha value is -1.81. The van der Waals surface area contributed by atoms with Crippen LogP contribution in [-0.2, 0) is 0 Å². The largest absolute Gasteiger partial charge is 0.377 e. The van der Waals surface area contributed by atoms with Crippen molar-refractivity contribution in [1.82, 2.24) is 5.32 Å². The molecule has 1 aromatic carbocycles. The fraction of sp³-hybridized carbons (Fsp3) is 0.267. The van der Waals surface area contributed by atoms with E-state index in [1.165, 1.54) is 21.7 Å². The van der Waals surface area contributed by atoms with Gasteiger partial charge in [0, 0.05) is 22.7 Å². The molecule has 2 N–H and O–H groups in total. The van der Waals surface area contributed by atoms with E-state index < -0.39 is 0 Å². The molecule has 3 rings (SSSR count). The molecule has 0 saturated heterocycles. The number of nitrogens with one attached hydrogen (secondary N) is 2. The van der Waals surface area contributed by atoms with Crippen LogP contribution in [-0.4, -0.2) is 25.5 Å². The molecule has 0 radical (unpaired) electrons. The Kier molecular flexibility index (Phi) is 3.51. The van der Waals surface area contributed by atoms with Crippen molar-refractivity contribution in [2.45, 2.75) is 6.92 Å². The topological polar surface area (TPSA) is 36.4 Å². The first-order valence-electron chi connectivity index (χ1n) is 6.49. The Morgan fingerprint density at radius 1 is 1.32 bits per heavy atom. The highest BCUT2D eigenvalue weighted by atomic mass is 32.1. The van der Waals surface area contributed by atoms with Crippen molar-refractivity contribution < 1.29 is 0 Å². The second-order valence-electron chi connectivity index (χ2n) is 4.59. The van der Waals surface area contributed by atoms with Crippen LogP contribution in [0.15, 0.2) is 40.7 Å². The molecule has 4 heteroatoms. The Labute approximate surface area is 117 Å². The van der Waals surface area contributed by atoms with Crippen LogP contribution < -0.4 is 10.6 Å². The zero-order valence-electron chi connectivity index (χ0n) is 10.9. The van der Waals surface area contributed by atoms with Gasteiger partial charge in [-0.1, -0.05) is 18.2 Å². The molecule has 0 bridgehead atoms. The second-order valence-corrected chi connectivity index (χ2v) is 5.50. The molecule has 2 aromatic rings. The van der Waals surface area contributed by atoms with Crippen molar-refractivity contribution in [3.05, 3.63) is 41.3 Å². The normalized spacial score (nSPS) is 14.1. The van der Waals surface area contributed by atoms with Crippen LogP contribution in [0.2, 0.25) is 0 Å². The molecule has 0 fully saturated rings. The van der Waals surface area contributed by atoms with Gasteiger partial charge in [-0.3, -0.25) is 4.99 Å². The number of hydrogen-bond donors (Lipinski definition) is 2. The molecule has 98 valence electrons. The highest BCUT2D eigenvalue weighted by molar-refractivity contribution is 7.13. The minimum Gasteiger partial charge on any atom is -0.377 e. The number of rotatable bonds is 4. The summed E-state index contributed by atoms with van der Waals surface area (Å²) in [4.78, 5) is 5.74. The van der Waals surface area contributed by atoms with E-state index in [1.54, 1.807) is 11.3 Å². The summed E-state index contributed by atoms with van der Waals surface area (Å²) in [5, 5.41) is 8.91. The number of aryl methyl sites for hydroxylation is 1. The van der Waals surface area contributed by atoms with Crippen LogP contribution >= 0.6 is 11.3 Å². The minimum absolute atomic E-state index is 0.765. The first-order chi connectivity index (χ1) is 9.34. The number of aliphatic imine (C=N–C) groups is 1. The van der Waals surface area contributed by atoms with Gasteiger partial charge in [-0.2, -0.15) is 0 Å². The van der Waals surface area contributed by atoms with E-state index in [2.05, 4.69) is 58.3 Å². The summed E-state index contributed by atoms with van der Waals surface area (Å²) >= 11 is 1.79. The lowest BCUT2D eigenvalue weighted by atomic mass is 10.1. The SMILES string of the molecule is Cc1ccsc1-c1ccccc1NCC1=NCCN1. The summed E-state index contributed by atoms with van der Waals surface area (Å²) in [6.07, 6.45) is 0. The molecular formula is C15H17N3S. The van der Waals surface area contributed by atoms with E-state index in [-0.39, 0.29) is 0 Å². The summed E-state index contributed by atoms with van der Waals surface area (Å²) in [6.45, 7) is 4.78. The molecule has 1 aliphatic rings. The molecule has 0 aliphatic carbocycles. The van der Waals surface area contributed by atoms with E-state index in [4.69, 9.17) is 0 Å². The van der Waals surface area contributed by atoms with Gasteiger partial charge in [0.15, 0.2) is 0 Å². The molecular weight excluding hydrogens is 254 g/mol. The van der Waals surface area contributed by atoms with E-state index >= 15 is 0 Å². The molecule has 19 heavy (non-hydrogen) atoms. The van der Waals surface area contributed by atoms with Gasteiger partial charge in [-0.05, 0) is 30.0 Å². The first kappa shape index (κ1) is 12.2. The molecule has 0 unspecified atom stereocenters. The van der Waals surface area contributed by atoms with E-state index in [0.29, 0.717) is 0 Å². The lowest BCUT2D eigenvalue weighted by Gasteiger charge is -2.12. The van der Waals surface area contributed by atoms with Crippen LogP contribution in [0.25, 0.3) is 10.4 Å². The predicted molar refractivity (Wildman–Crippen MR) is 83.3 cm³/mol. The van der Waals surface area contributed by atoms with E-state index in [9.17, 15) is 0 Å². The standard InChI is InChI=1S/C15H17N3S/c1-11-6-9-19-15(11)12-4-2-3-5-13(12)18-10-14-16-7-8-17-14/h2-6,9,18H,7-8,10H2,1H3,(H,16,17). The van der Waals surface area contributed by atoms with Gasteiger partial charge in [0.2, 0.25) is 0 Å². The van der Waals surface area contributed by atoms with E-state index in [0.717, 1.165) is 25.5 Å². The summed E-state index contributed by atoms with van der Waals surface area (Å²) in [6, 6.07) is 10.6. The molecule has 0 amide bonds. The van der Waals surface area contributed by atoms with E-state index in [1.807, 2.05) is 0 Å². The third-order valence-corrected chi connectivity index (χ3v) is 4.27. The Balaban J connectivity index is 1.83. The maximum atomic E-state index is 4.41. The van der Waals surface area contributed by atoms with Crippen LogP contribution in [0.1, 0.15) is 5.56 Å². The van der Waals surface area contributed by atoms with Gasteiger partial charge in [0.05, 0.1) is 13.1 Å². The van der Waals surface area contributed by atoms with Crippen LogP contribution in [0.4, 0.5) is 5.69 Å². The van der Waals surface area contributed by atoms with Gasteiger partial charge in [-0.15, -0.1) is 11.3 Å². The zero-order chi connectivity index (χ0) is 13.1. The first-order valence-corrected chi connectivity index (χ1v) is 7.37. The highest BCUT2D eigenvalue weighted by Gasteiger charge is 2.10. The second kappa shape index (κ2) is 5.45. The van der Waals surface area contributed by atoms with Gasteiger partial charge in [0.25, 0.3) is 0 Å². The molecule has 1 aliphatic heterocycles. The van der Waals surface area contributed by atoms with Gasteiger partial charge in [-0.25, -0.2) is 0 Å². The van der Waals surface area contributed by atoms with Crippen molar-refractivity contribution in [1.29, 1.82) is 0 Å². The molecule has 0 spiro atoms. The van der Waals surface area contributed by atoms with Gasteiger partial charge in [0.1, 0.15) is 5.84 Å². The van der Waals surface area contributed by atoms with Crippen LogP contribution in [0, 0.1) is 6.92 Å². The van der Waals surface area contributed by atoms with Gasteiger partial charge >= 0.3 is 0 Å². The van der Waals surface area contributed by atoms with Crippen LogP contribution in [0.3, 0.4) is 0 Å². The molecule has 0 saturated carbocycles. The number of anilines is 1. The van der Waals surface area contributed by atoms with Crippen molar-refractivity contribution in [2.75, 3.05) is 25.0 Å². The Bertz CT molecular complexity index is 601. The number of benzene rings is 1. The van der Waals surface area contributed by atoms with Crippen molar-refractivity contribution in [3.8, 4) is 10.4 Å². The maximum Gasteiger partial charge on any atom is 0.116 e. The maximum absolute atomic E-state index is 4.41. The molecule has 1 aromatic heterocycles. The molecule has 0 atom stereocenters. The number of thiophene rings is 1. The highest BCUT2D eigenvalue weighted by Crippen LogP contribution is 2.34. The fourth-order valence-corrected chi connectivity index (χ4v) is 3.20. The number of nitrogens with zero attached hydrogens (tertiary/aromatic N) is 1. The quantitative estimate of drug-likeness (QED) is 0.896.